The third kappa shape index (κ3) is 5.36. The average molecular weight is 739 g/mol. The van der Waals surface area contributed by atoms with Crippen LogP contribution in [0.1, 0.15) is 26.3 Å². The van der Waals surface area contributed by atoms with Crippen LogP contribution in [0.15, 0.2) is 200 Å². The second kappa shape index (κ2) is 13.3. The number of benzene rings is 11. The van der Waals surface area contributed by atoms with Crippen LogP contribution < -0.4 is 0 Å². The van der Waals surface area contributed by atoms with Gasteiger partial charge in [-0.05, 0) is 126 Å². The average Bonchev–Trinajstić information content (AvgIpc) is 3.27. The van der Waals surface area contributed by atoms with Gasteiger partial charge in [0.05, 0.1) is 0 Å². The van der Waals surface area contributed by atoms with Crippen LogP contribution in [0.5, 0.6) is 0 Å². The van der Waals surface area contributed by atoms with Crippen molar-refractivity contribution in [1.29, 1.82) is 0 Å². The summed E-state index contributed by atoms with van der Waals surface area (Å²) in [5.74, 6) is 0. The molecule has 0 radical (unpaired) electrons. The zero-order chi connectivity index (χ0) is 39.0. The summed E-state index contributed by atoms with van der Waals surface area (Å²) in [6.45, 7) is 6.88. The molecule has 0 nitrogen and oxygen atoms in total. The molecule has 274 valence electrons. The Balaban J connectivity index is 1.13. The molecule has 0 atom stereocenters. The maximum Gasteiger partial charge on any atom is -0.00199 e. The highest BCUT2D eigenvalue weighted by molar-refractivity contribution is 6.26. The minimum atomic E-state index is 0.0606. The van der Waals surface area contributed by atoms with Crippen LogP contribution in [-0.4, -0.2) is 0 Å². The minimum absolute atomic E-state index is 0.0606. The van der Waals surface area contributed by atoms with Gasteiger partial charge in [-0.1, -0.05) is 215 Å². The Hall–Kier alpha value is -7.02. The number of rotatable bonds is 4. The van der Waals surface area contributed by atoms with Crippen molar-refractivity contribution in [1.82, 2.24) is 0 Å². The van der Waals surface area contributed by atoms with Gasteiger partial charge in [0.1, 0.15) is 0 Å². The fourth-order valence-electron chi connectivity index (χ4n) is 9.69. The Morgan fingerprint density at radius 3 is 1.07 bits per heavy atom. The zero-order valence-electron chi connectivity index (χ0n) is 33.1. The number of hydrogen-bond donors (Lipinski definition) is 0. The molecule has 0 aliphatic rings. The predicted molar refractivity (Wildman–Crippen MR) is 252 cm³/mol. The third-order valence-corrected chi connectivity index (χ3v) is 12.4. The van der Waals surface area contributed by atoms with Crippen molar-refractivity contribution in [2.45, 2.75) is 26.2 Å². The van der Waals surface area contributed by atoms with E-state index in [4.69, 9.17) is 0 Å². The molecule has 0 heteroatoms. The van der Waals surface area contributed by atoms with Crippen molar-refractivity contribution < 1.29 is 0 Å². The van der Waals surface area contributed by atoms with Crippen LogP contribution >= 0.6 is 0 Å². The first-order valence-corrected chi connectivity index (χ1v) is 20.4. The molecule has 58 heavy (non-hydrogen) atoms. The molecule has 11 aromatic carbocycles. The van der Waals surface area contributed by atoms with E-state index in [0.717, 1.165) is 0 Å². The lowest BCUT2D eigenvalue weighted by Crippen LogP contribution is -2.10. The molecule has 0 aliphatic carbocycles. The summed E-state index contributed by atoms with van der Waals surface area (Å²) in [5, 5.41) is 15.3. The summed E-state index contributed by atoms with van der Waals surface area (Å²) in [5.41, 5.74) is 11.5. The van der Waals surface area contributed by atoms with E-state index in [0.29, 0.717) is 0 Å². The summed E-state index contributed by atoms with van der Waals surface area (Å²) in [6, 6.07) is 74.6. The third-order valence-electron chi connectivity index (χ3n) is 12.4. The molecule has 0 amide bonds. The maximum atomic E-state index is 2.40. The lowest BCUT2D eigenvalue weighted by molar-refractivity contribution is 0.590. The van der Waals surface area contributed by atoms with Crippen molar-refractivity contribution in [3.05, 3.63) is 206 Å². The van der Waals surface area contributed by atoms with E-state index in [1.165, 1.54) is 115 Å². The van der Waals surface area contributed by atoms with Gasteiger partial charge in [0.15, 0.2) is 0 Å². The van der Waals surface area contributed by atoms with Gasteiger partial charge in [-0.25, -0.2) is 0 Å². The van der Waals surface area contributed by atoms with Crippen LogP contribution in [0.3, 0.4) is 0 Å². The first kappa shape index (κ1) is 34.2. The Kier molecular flexibility index (Phi) is 7.85. The zero-order valence-corrected chi connectivity index (χ0v) is 33.1. The summed E-state index contributed by atoms with van der Waals surface area (Å²) in [4.78, 5) is 0. The molecule has 0 unspecified atom stereocenters. The van der Waals surface area contributed by atoms with Gasteiger partial charge < -0.3 is 0 Å². The molecule has 11 aromatic rings. The minimum Gasteiger partial charge on any atom is -0.0616 e. The van der Waals surface area contributed by atoms with Crippen molar-refractivity contribution in [2.75, 3.05) is 0 Å². The lowest BCUT2D eigenvalue weighted by atomic mass is 9.82. The molecule has 0 N–H and O–H groups in total. The fourth-order valence-corrected chi connectivity index (χ4v) is 9.69. The van der Waals surface area contributed by atoms with Crippen LogP contribution in [0.2, 0.25) is 0 Å². The van der Waals surface area contributed by atoms with Gasteiger partial charge in [-0.15, -0.1) is 0 Å². The van der Waals surface area contributed by atoms with Crippen LogP contribution in [0, 0.1) is 0 Å². The SMILES string of the molecule is CC(C)(C)c1cccc(-c2c3ccccc3c(-c3ccc(-c4c5ccccc5c(-c5cc6ccccc6c6ccccc56)c5ccccc45)cc3)c3ccccc23)c1. The molecule has 0 spiro atoms. The second-order valence-corrected chi connectivity index (χ2v) is 16.8. The highest BCUT2D eigenvalue weighted by Crippen LogP contribution is 2.48. The molecule has 0 heterocycles. The van der Waals surface area contributed by atoms with Crippen molar-refractivity contribution in [3.63, 3.8) is 0 Å². The van der Waals surface area contributed by atoms with E-state index in [1.54, 1.807) is 0 Å². The van der Waals surface area contributed by atoms with Crippen molar-refractivity contribution >= 4 is 64.6 Å². The molecular weight excluding hydrogens is 697 g/mol. The first-order chi connectivity index (χ1) is 28.4. The molecule has 0 saturated heterocycles. The summed E-state index contributed by atoms with van der Waals surface area (Å²) in [6.07, 6.45) is 0. The van der Waals surface area contributed by atoms with Gasteiger partial charge >= 0.3 is 0 Å². The van der Waals surface area contributed by atoms with E-state index in [-0.39, 0.29) is 5.41 Å². The topological polar surface area (TPSA) is 0 Å². The predicted octanol–water partition coefficient (Wildman–Crippen LogP) is 16.6. The number of fused-ring (bicyclic) bond motifs is 7. The summed E-state index contributed by atoms with van der Waals surface area (Å²) >= 11 is 0. The van der Waals surface area contributed by atoms with Gasteiger partial charge in [-0.3, -0.25) is 0 Å². The highest BCUT2D eigenvalue weighted by atomic mass is 14.2. The van der Waals surface area contributed by atoms with Crippen molar-refractivity contribution in [2.24, 2.45) is 0 Å². The van der Waals surface area contributed by atoms with Crippen LogP contribution in [0.4, 0.5) is 0 Å². The van der Waals surface area contributed by atoms with E-state index in [1.807, 2.05) is 0 Å². The molecular formula is C58H42. The van der Waals surface area contributed by atoms with Crippen LogP contribution in [-0.2, 0) is 5.41 Å². The van der Waals surface area contributed by atoms with Gasteiger partial charge in [0.2, 0.25) is 0 Å². The number of hydrogen-bond acceptors (Lipinski definition) is 0. The highest BCUT2D eigenvalue weighted by Gasteiger charge is 2.21. The van der Waals surface area contributed by atoms with E-state index in [2.05, 4.69) is 221 Å². The Bertz CT molecular complexity index is 3300. The Morgan fingerprint density at radius 1 is 0.259 bits per heavy atom. The fraction of sp³-hybridized carbons (Fsp3) is 0.0690. The lowest BCUT2D eigenvalue weighted by Gasteiger charge is -2.22. The Morgan fingerprint density at radius 2 is 0.621 bits per heavy atom. The smallest absolute Gasteiger partial charge is 0.00199 e. The molecule has 0 fully saturated rings. The molecule has 0 bridgehead atoms. The standard InChI is InChI=1S/C58H42/c1-58(2,3)41-19-16-18-40(35-41)56-47-25-10-8-23-45(47)54(46-24-9-11-26-48(46)56)37-31-33-38(34-32-37)55-49-27-12-14-29-51(49)57(52-30-15-13-28-50(52)55)53-36-39-17-4-5-20-42(39)43-21-6-7-22-44(43)53/h4-36H,1-3H3. The monoisotopic (exact) mass is 738 g/mol. The van der Waals surface area contributed by atoms with Crippen LogP contribution in [0.25, 0.3) is 109 Å². The van der Waals surface area contributed by atoms with Crippen molar-refractivity contribution in [3.8, 4) is 44.5 Å². The van der Waals surface area contributed by atoms with E-state index >= 15 is 0 Å². The summed E-state index contributed by atoms with van der Waals surface area (Å²) < 4.78 is 0. The summed E-state index contributed by atoms with van der Waals surface area (Å²) in [7, 11) is 0. The normalized spacial score (nSPS) is 12.1. The second-order valence-electron chi connectivity index (χ2n) is 16.8. The molecule has 0 aromatic heterocycles. The van der Waals surface area contributed by atoms with Gasteiger partial charge in [0.25, 0.3) is 0 Å². The molecule has 11 rings (SSSR count). The quantitative estimate of drug-likeness (QED) is 0.125. The first-order valence-electron chi connectivity index (χ1n) is 20.4. The maximum absolute atomic E-state index is 2.40. The van der Waals surface area contributed by atoms with E-state index < -0.39 is 0 Å². The molecule has 0 saturated carbocycles. The van der Waals surface area contributed by atoms with Gasteiger partial charge in [0, 0.05) is 0 Å². The molecule has 0 aliphatic heterocycles. The van der Waals surface area contributed by atoms with E-state index in [9.17, 15) is 0 Å². The largest absolute Gasteiger partial charge is 0.0616 e. The van der Waals surface area contributed by atoms with Gasteiger partial charge in [-0.2, -0.15) is 0 Å². The Labute approximate surface area is 339 Å².